The van der Waals surface area contributed by atoms with Crippen LogP contribution in [0.25, 0.3) is 0 Å². The van der Waals surface area contributed by atoms with E-state index >= 15 is 0 Å². The van der Waals surface area contributed by atoms with E-state index in [1.807, 2.05) is 30.3 Å². The van der Waals surface area contributed by atoms with Gasteiger partial charge in [-0.3, -0.25) is 9.79 Å². The highest BCUT2D eigenvalue weighted by Crippen LogP contribution is 2.26. The Morgan fingerprint density at radius 1 is 0.958 bits per heavy atom. The van der Waals surface area contributed by atoms with Gasteiger partial charge in [0.15, 0.2) is 5.78 Å². The molecule has 0 unspecified atom stereocenters. The van der Waals surface area contributed by atoms with Crippen molar-refractivity contribution < 1.29 is 9.90 Å². The van der Waals surface area contributed by atoms with Gasteiger partial charge in [0.05, 0.1) is 5.69 Å². The van der Waals surface area contributed by atoms with Crippen LogP contribution in [0.5, 0.6) is 5.75 Å². The van der Waals surface area contributed by atoms with Crippen molar-refractivity contribution in [1.82, 2.24) is 0 Å². The highest BCUT2D eigenvalue weighted by Gasteiger charge is 2.13. The van der Waals surface area contributed by atoms with Gasteiger partial charge in [-0.1, -0.05) is 58.4 Å². The topological polar surface area (TPSA) is 49.7 Å². The van der Waals surface area contributed by atoms with E-state index in [4.69, 9.17) is 0 Å². The summed E-state index contributed by atoms with van der Waals surface area (Å²) in [6.45, 7) is 0. The number of para-hydroxylation sites is 1. The van der Waals surface area contributed by atoms with E-state index in [-0.39, 0.29) is 11.5 Å². The molecule has 0 saturated carbocycles. The molecule has 1 N–H and O–H groups in total. The molecule has 3 nitrogen and oxygen atoms in total. The average molecular weight is 380 g/mol. The third-order valence-electron chi connectivity index (χ3n) is 3.52. The SMILES string of the molecule is O=C(c1ccccc1)c1cc(Br)ccc1N=Cc1ccccc1O. The lowest BCUT2D eigenvalue weighted by Crippen LogP contribution is -2.01. The fourth-order valence-corrected chi connectivity index (χ4v) is 2.64. The molecular formula is C20H14BrNO2. The second kappa shape index (κ2) is 7.23. The largest absolute Gasteiger partial charge is 0.507 e. The van der Waals surface area contributed by atoms with Crippen LogP contribution in [0.3, 0.4) is 0 Å². The van der Waals surface area contributed by atoms with Crippen molar-refractivity contribution in [3.05, 3.63) is 94.0 Å². The second-order valence-corrected chi connectivity index (χ2v) is 6.09. The van der Waals surface area contributed by atoms with E-state index in [1.165, 1.54) is 0 Å². The quantitative estimate of drug-likeness (QED) is 0.504. The first-order valence-electron chi connectivity index (χ1n) is 7.36. The van der Waals surface area contributed by atoms with Crippen molar-refractivity contribution in [2.45, 2.75) is 0 Å². The average Bonchev–Trinajstić information content (AvgIpc) is 2.62. The van der Waals surface area contributed by atoms with E-state index in [9.17, 15) is 9.90 Å². The number of benzene rings is 3. The van der Waals surface area contributed by atoms with Crippen LogP contribution in [0.4, 0.5) is 5.69 Å². The Balaban J connectivity index is 2.00. The number of carbonyl (C=O) groups excluding carboxylic acids is 1. The minimum Gasteiger partial charge on any atom is -0.507 e. The summed E-state index contributed by atoms with van der Waals surface area (Å²) in [5.41, 5.74) is 2.26. The molecule has 0 radical (unpaired) electrons. The molecule has 0 amide bonds. The Bertz CT molecular complexity index is 905. The molecule has 3 aromatic carbocycles. The number of halogens is 1. The summed E-state index contributed by atoms with van der Waals surface area (Å²) in [5.74, 6) is 0.0515. The van der Waals surface area contributed by atoms with Crippen LogP contribution in [-0.2, 0) is 0 Å². The Kier molecular flexibility index (Phi) is 4.87. The Hall–Kier alpha value is -2.72. The fraction of sp³-hybridized carbons (Fsp3) is 0. The number of nitrogens with zero attached hydrogens (tertiary/aromatic N) is 1. The number of phenolic OH excluding ortho intramolecular Hbond substituents is 1. The van der Waals surface area contributed by atoms with Crippen molar-refractivity contribution in [3.8, 4) is 5.75 Å². The zero-order valence-corrected chi connectivity index (χ0v) is 14.3. The Morgan fingerprint density at radius 3 is 2.42 bits per heavy atom. The zero-order valence-electron chi connectivity index (χ0n) is 12.7. The van der Waals surface area contributed by atoms with Gasteiger partial charge in [-0.25, -0.2) is 0 Å². The summed E-state index contributed by atoms with van der Waals surface area (Å²) in [6.07, 6.45) is 1.56. The molecule has 4 heteroatoms. The minimum atomic E-state index is -0.0960. The van der Waals surface area contributed by atoms with Crippen LogP contribution in [0, 0.1) is 0 Å². The summed E-state index contributed by atoms with van der Waals surface area (Å²) >= 11 is 3.40. The first-order valence-corrected chi connectivity index (χ1v) is 8.16. The molecule has 118 valence electrons. The lowest BCUT2D eigenvalue weighted by molar-refractivity contribution is 0.103. The first kappa shape index (κ1) is 16.1. The second-order valence-electron chi connectivity index (χ2n) is 5.17. The van der Waals surface area contributed by atoms with Crippen LogP contribution >= 0.6 is 15.9 Å². The number of phenols is 1. The van der Waals surface area contributed by atoms with Crippen molar-refractivity contribution in [2.75, 3.05) is 0 Å². The molecule has 0 spiro atoms. The molecule has 3 aromatic rings. The van der Waals surface area contributed by atoms with E-state index in [1.54, 1.807) is 48.7 Å². The lowest BCUT2D eigenvalue weighted by atomic mass is 10.0. The van der Waals surface area contributed by atoms with E-state index in [0.717, 1.165) is 4.47 Å². The van der Waals surface area contributed by atoms with E-state index < -0.39 is 0 Å². The van der Waals surface area contributed by atoms with Crippen LogP contribution in [0.15, 0.2) is 82.3 Å². The molecule has 0 aliphatic carbocycles. The first-order chi connectivity index (χ1) is 11.6. The smallest absolute Gasteiger partial charge is 0.195 e. The van der Waals surface area contributed by atoms with Gasteiger partial charge >= 0.3 is 0 Å². The molecule has 24 heavy (non-hydrogen) atoms. The third-order valence-corrected chi connectivity index (χ3v) is 4.01. The van der Waals surface area contributed by atoms with Crippen molar-refractivity contribution in [1.29, 1.82) is 0 Å². The number of carbonyl (C=O) groups is 1. The van der Waals surface area contributed by atoms with Crippen molar-refractivity contribution in [3.63, 3.8) is 0 Å². The summed E-state index contributed by atoms with van der Waals surface area (Å²) in [6, 6.07) is 21.4. The Morgan fingerprint density at radius 2 is 1.67 bits per heavy atom. The van der Waals surface area contributed by atoms with Crippen LogP contribution < -0.4 is 0 Å². The molecule has 0 fully saturated rings. The van der Waals surface area contributed by atoms with Gasteiger partial charge in [0.25, 0.3) is 0 Å². The Labute approximate surface area is 148 Å². The highest BCUT2D eigenvalue weighted by atomic mass is 79.9. The number of rotatable bonds is 4. The summed E-state index contributed by atoms with van der Waals surface area (Å²) < 4.78 is 0.809. The molecule has 0 heterocycles. The number of aliphatic imine (C=N–C) groups is 1. The van der Waals surface area contributed by atoms with Gasteiger partial charge in [0, 0.05) is 27.4 Å². The zero-order chi connectivity index (χ0) is 16.9. The molecule has 0 bridgehead atoms. The van der Waals surface area contributed by atoms with Crippen molar-refractivity contribution >= 4 is 33.6 Å². The number of aromatic hydroxyl groups is 1. The maximum atomic E-state index is 12.8. The van der Waals surface area contributed by atoms with Gasteiger partial charge in [0.2, 0.25) is 0 Å². The monoisotopic (exact) mass is 379 g/mol. The molecule has 0 aliphatic heterocycles. The van der Waals surface area contributed by atoms with Gasteiger partial charge < -0.3 is 5.11 Å². The van der Waals surface area contributed by atoms with Crippen LogP contribution in [0.1, 0.15) is 21.5 Å². The third kappa shape index (κ3) is 3.60. The predicted molar refractivity (Wildman–Crippen MR) is 99.4 cm³/mol. The summed E-state index contributed by atoms with van der Waals surface area (Å²) in [5, 5.41) is 9.82. The normalized spacial score (nSPS) is 10.9. The molecular weight excluding hydrogens is 366 g/mol. The molecule has 0 aliphatic rings. The predicted octanol–water partition coefficient (Wildman–Crippen LogP) is 5.14. The van der Waals surface area contributed by atoms with Crippen LogP contribution in [-0.4, -0.2) is 17.1 Å². The van der Waals surface area contributed by atoms with Gasteiger partial charge in [-0.05, 0) is 30.3 Å². The fourth-order valence-electron chi connectivity index (χ4n) is 2.28. The van der Waals surface area contributed by atoms with E-state index in [2.05, 4.69) is 20.9 Å². The molecule has 0 saturated heterocycles. The van der Waals surface area contributed by atoms with E-state index in [0.29, 0.717) is 22.4 Å². The highest BCUT2D eigenvalue weighted by molar-refractivity contribution is 9.10. The van der Waals surface area contributed by atoms with Crippen molar-refractivity contribution in [2.24, 2.45) is 4.99 Å². The molecule has 3 rings (SSSR count). The van der Waals surface area contributed by atoms with Gasteiger partial charge in [-0.2, -0.15) is 0 Å². The standard InChI is InChI=1S/C20H14BrNO2/c21-16-10-11-18(22-13-15-8-4-5-9-19(15)23)17(12-16)20(24)14-6-2-1-3-7-14/h1-13,23H. The minimum absolute atomic E-state index is 0.0960. The lowest BCUT2D eigenvalue weighted by Gasteiger charge is -2.06. The number of hydrogen-bond acceptors (Lipinski definition) is 3. The van der Waals surface area contributed by atoms with Crippen LogP contribution in [0.2, 0.25) is 0 Å². The maximum Gasteiger partial charge on any atom is 0.195 e. The maximum absolute atomic E-state index is 12.8. The van der Waals surface area contributed by atoms with Gasteiger partial charge in [0.1, 0.15) is 5.75 Å². The summed E-state index contributed by atoms with van der Waals surface area (Å²) in [4.78, 5) is 17.2. The summed E-state index contributed by atoms with van der Waals surface area (Å²) in [7, 11) is 0. The molecule has 0 atom stereocenters. The molecule has 0 aromatic heterocycles. The number of hydrogen-bond donors (Lipinski definition) is 1. The van der Waals surface area contributed by atoms with Gasteiger partial charge in [-0.15, -0.1) is 0 Å². The number of ketones is 1.